The Balaban J connectivity index is 1.72. The molecule has 0 aliphatic rings. The summed E-state index contributed by atoms with van der Waals surface area (Å²) in [6.07, 6.45) is 7.95. The van der Waals surface area contributed by atoms with Crippen molar-refractivity contribution in [2.24, 2.45) is 5.73 Å². The summed E-state index contributed by atoms with van der Waals surface area (Å²) < 4.78 is 5.88. The molecule has 0 saturated carbocycles. The number of nitrogens with two attached hydrogens (primary N) is 1. The molecule has 4 amide bonds. The SMILES string of the molecule is CN(C)C(=O)C(=Cc1cccnc1)c1ccc(Oc2ccc(C=CC(=O)NC(N)=O)cc2)cc1. The van der Waals surface area contributed by atoms with Crippen LogP contribution in [0.4, 0.5) is 4.79 Å². The first kappa shape index (κ1) is 23.9. The lowest BCUT2D eigenvalue weighted by atomic mass is 10.0. The van der Waals surface area contributed by atoms with E-state index < -0.39 is 11.9 Å². The highest BCUT2D eigenvalue weighted by Gasteiger charge is 2.14. The summed E-state index contributed by atoms with van der Waals surface area (Å²) in [6, 6.07) is 17.1. The number of urea groups is 1. The minimum Gasteiger partial charge on any atom is -0.457 e. The third-order valence-electron chi connectivity index (χ3n) is 4.59. The second-order valence-corrected chi connectivity index (χ2v) is 7.43. The quantitative estimate of drug-likeness (QED) is 0.526. The molecule has 0 unspecified atom stereocenters. The predicted molar refractivity (Wildman–Crippen MR) is 131 cm³/mol. The van der Waals surface area contributed by atoms with Crippen molar-refractivity contribution in [1.82, 2.24) is 15.2 Å². The molecule has 172 valence electrons. The zero-order chi connectivity index (χ0) is 24.5. The topological polar surface area (TPSA) is 115 Å². The number of benzene rings is 2. The Labute approximate surface area is 197 Å². The molecule has 3 aromatic rings. The number of likely N-dealkylation sites (N-methyl/N-ethyl adjacent to an activating group) is 1. The average Bonchev–Trinajstić information content (AvgIpc) is 2.82. The van der Waals surface area contributed by atoms with E-state index in [1.165, 1.54) is 11.0 Å². The number of ether oxygens (including phenoxy) is 1. The highest BCUT2D eigenvalue weighted by atomic mass is 16.5. The number of carbonyl (C=O) groups excluding carboxylic acids is 3. The Morgan fingerprint density at radius 1 is 0.941 bits per heavy atom. The number of nitrogens with zero attached hydrogens (tertiary/aromatic N) is 2. The number of amides is 4. The minimum absolute atomic E-state index is 0.120. The van der Waals surface area contributed by atoms with Crippen LogP contribution < -0.4 is 15.8 Å². The normalized spacial score (nSPS) is 11.2. The summed E-state index contributed by atoms with van der Waals surface area (Å²) in [5.74, 6) is 0.483. The van der Waals surface area contributed by atoms with Crippen molar-refractivity contribution in [1.29, 1.82) is 0 Å². The first-order valence-electron chi connectivity index (χ1n) is 10.3. The van der Waals surface area contributed by atoms with Crippen molar-refractivity contribution in [3.63, 3.8) is 0 Å². The molecule has 2 aromatic carbocycles. The lowest BCUT2D eigenvalue weighted by molar-refractivity contribution is -0.122. The number of nitrogens with one attached hydrogen (secondary N) is 1. The van der Waals surface area contributed by atoms with E-state index in [0.717, 1.165) is 16.7 Å². The van der Waals surface area contributed by atoms with Gasteiger partial charge in [0.15, 0.2) is 0 Å². The van der Waals surface area contributed by atoms with Crippen LogP contribution in [-0.2, 0) is 9.59 Å². The van der Waals surface area contributed by atoms with E-state index in [1.807, 2.05) is 29.6 Å². The fourth-order valence-electron chi connectivity index (χ4n) is 2.96. The molecule has 0 atom stereocenters. The molecule has 0 spiro atoms. The summed E-state index contributed by atoms with van der Waals surface area (Å²) in [6.45, 7) is 0. The number of imide groups is 1. The van der Waals surface area contributed by atoms with Gasteiger partial charge in [0, 0.05) is 38.1 Å². The maximum atomic E-state index is 12.8. The summed E-state index contributed by atoms with van der Waals surface area (Å²) >= 11 is 0. The first-order valence-corrected chi connectivity index (χ1v) is 10.3. The fraction of sp³-hybridized carbons (Fsp3) is 0.0769. The van der Waals surface area contributed by atoms with Crippen LogP contribution in [0.5, 0.6) is 11.5 Å². The third kappa shape index (κ3) is 6.89. The summed E-state index contributed by atoms with van der Waals surface area (Å²) in [7, 11) is 3.42. The summed E-state index contributed by atoms with van der Waals surface area (Å²) in [5, 5.41) is 1.95. The van der Waals surface area contributed by atoms with Gasteiger partial charge >= 0.3 is 6.03 Å². The van der Waals surface area contributed by atoms with Crippen LogP contribution in [-0.4, -0.2) is 41.8 Å². The first-order chi connectivity index (χ1) is 16.3. The lowest BCUT2D eigenvalue weighted by Gasteiger charge is -2.14. The molecule has 8 heteroatoms. The predicted octanol–water partition coefficient (Wildman–Crippen LogP) is 3.71. The Morgan fingerprint density at radius 3 is 2.15 bits per heavy atom. The highest BCUT2D eigenvalue weighted by Crippen LogP contribution is 2.26. The van der Waals surface area contributed by atoms with Crippen molar-refractivity contribution in [2.75, 3.05) is 14.1 Å². The number of hydrogen-bond acceptors (Lipinski definition) is 5. The van der Waals surface area contributed by atoms with Crippen molar-refractivity contribution >= 4 is 35.6 Å². The average molecular weight is 457 g/mol. The molecule has 0 aliphatic carbocycles. The number of primary amides is 1. The molecule has 3 rings (SSSR count). The molecular weight excluding hydrogens is 432 g/mol. The maximum Gasteiger partial charge on any atom is 0.319 e. The van der Waals surface area contributed by atoms with E-state index in [1.54, 1.807) is 75.0 Å². The van der Waals surface area contributed by atoms with Crippen molar-refractivity contribution < 1.29 is 19.1 Å². The van der Waals surface area contributed by atoms with E-state index in [4.69, 9.17) is 10.5 Å². The van der Waals surface area contributed by atoms with Crippen LogP contribution in [0, 0.1) is 0 Å². The molecule has 3 N–H and O–H groups in total. The molecule has 1 aromatic heterocycles. The van der Waals surface area contributed by atoms with Gasteiger partial charge in [0.2, 0.25) is 0 Å². The fourth-order valence-corrected chi connectivity index (χ4v) is 2.96. The van der Waals surface area contributed by atoms with Crippen LogP contribution in [0.1, 0.15) is 16.7 Å². The van der Waals surface area contributed by atoms with Gasteiger partial charge in [-0.1, -0.05) is 30.3 Å². The Bertz CT molecular complexity index is 1220. The van der Waals surface area contributed by atoms with Gasteiger partial charge in [0.25, 0.3) is 11.8 Å². The monoisotopic (exact) mass is 456 g/mol. The number of hydrogen-bond donors (Lipinski definition) is 2. The van der Waals surface area contributed by atoms with Crippen molar-refractivity contribution in [2.45, 2.75) is 0 Å². The molecule has 1 heterocycles. The van der Waals surface area contributed by atoms with Gasteiger partial charge in [-0.15, -0.1) is 0 Å². The van der Waals surface area contributed by atoms with E-state index in [-0.39, 0.29) is 5.91 Å². The number of rotatable bonds is 7. The molecule has 8 nitrogen and oxygen atoms in total. The molecule has 0 bridgehead atoms. The Morgan fingerprint density at radius 2 is 1.59 bits per heavy atom. The van der Waals surface area contributed by atoms with Crippen molar-refractivity contribution in [3.05, 3.63) is 95.8 Å². The van der Waals surface area contributed by atoms with Crippen LogP contribution >= 0.6 is 0 Å². The standard InChI is InChI=1S/C26H24N4O4/c1-30(2)25(32)23(16-19-4-3-15-28-17-19)20-8-12-22(13-9-20)34-21-10-5-18(6-11-21)7-14-24(31)29-26(27)33/h3-17H,1-2H3,(H3,27,29,31,33). The third-order valence-corrected chi connectivity index (χ3v) is 4.59. The van der Waals surface area contributed by atoms with Crippen LogP contribution in [0.15, 0.2) is 79.1 Å². The molecule has 0 aliphatic heterocycles. The molecule has 0 fully saturated rings. The zero-order valence-corrected chi connectivity index (χ0v) is 18.8. The van der Waals surface area contributed by atoms with Crippen LogP contribution in [0.3, 0.4) is 0 Å². The minimum atomic E-state index is -0.907. The largest absolute Gasteiger partial charge is 0.457 e. The molecule has 0 radical (unpaired) electrons. The lowest BCUT2D eigenvalue weighted by Crippen LogP contribution is -2.33. The number of carbonyl (C=O) groups is 3. The van der Waals surface area contributed by atoms with Gasteiger partial charge in [-0.25, -0.2) is 4.79 Å². The molecular formula is C26H24N4O4. The molecule has 34 heavy (non-hydrogen) atoms. The highest BCUT2D eigenvalue weighted by molar-refractivity contribution is 6.24. The summed E-state index contributed by atoms with van der Waals surface area (Å²) in [5.41, 5.74) is 7.77. The number of aromatic nitrogens is 1. The van der Waals surface area contributed by atoms with Crippen molar-refractivity contribution in [3.8, 4) is 11.5 Å². The van der Waals surface area contributed by atoms with E-state index >= 15 is 0 Å². The molecule has 0 saturated heterocycles. The van der Waals surface area contributed by atoms with Gasteiger partial charge in [0.05, 0.1) is 0 Å². The smallest absolute Gasteiger partial charge is 0.319 e. The second-order valence-electron chi connectivity index (χ2n) is 7.43. The van der Waals surface area contributed by atoms with Gasteiger partial charge in [-0.3, -0.25) is 19.9 Å². The zero-order valence-electron chi connectivity index (χ0n) is 18.8. The number of pyridine rings is 1. The van der Waals surface area contributed by atoms with E-state index in [2.05, 4.69) is 4.98 Å². The summed E-state index contributed by atoms with van der Waals surface area (Å²) in [4.78, 5) is 40.5. The maximum absolute atomic E-state index is 12.8. The van der Waals surface area contributed by atoms with Gasteiger partial charge < -0.3 is 15.4 Å². The van der Waals surface area contributed by atoms with Crippen LogP contribution in [0.2, 0.25) is 0 Å². The van der Waals surface area contributed by atoms with Gasteiger partial charge in [-0.05, 0) is 59.2 Å². The van der Waals surface area contributed by atoms with Gasteiger partial charge in [-0.2, -0.15) is 0 Å². The van der Waals surface area contributed by atoms with Gasteiger partial charge in [0.1, 0.15) is 11.5 Å². The van der Waals surface area contributed by atoms with Crippen LogP contribution in [0.25, 0.3) is 17.7 Å². The van der Waals surface area contributed by atoms with E-state index in [0.29, 0.717) is 17.1 Å². The Hall–Kier alpha value is -4.72. The Kier molecular flexibility index (Phi) is 7.91. The van der Waals surface area contributed by atoms with E-state index in [9.17, 15) is 14.4 Å². The second kappa shape index (κ2) is 11.2.